The highest BCUT2D eigenvalue weighted by atomic mass is 16.5. The number of carbonyl (C=O) groups is 1. The molecule has 0 radical (unpaired) electrons. The third-order valence-corrected chi connectivity index (χ3v) is 4.32. The van der Waals surface area contributed by atoms with Crippen molar-refractivity contribution >= 4 is 5.91 Å². The normalized spacial score (nSPS) is 18.0. The third kappa shape index (κ3) is 3.93. The average Bonchev–Trinajstić information content (AvgIpc) is 3.14. The molecule has 2 aromatic rings. The number of pyridine rings is 1. The van der Waals surface area contributed by atoms with Gasteiger partial charge in [0.2, 0.25) is 5.91 Å². The van der Waals surface area contributed by atoms with Crippen LogP contribution in [0.3, 0.4) is 0 Å². The molecule has 128 valence electrons. The lowest BCUT2D eigenvalue weighted by atomic mass is 9.98. The van der Waals surface area contributed by atoms with Crippen molar-refractivity contribution in [3.63, 3.8) is 0 Å². The second-order valence-electron chi connectivity index (χ2n) is 6.61. The summed E-state index contributed by atoms with van der Waals surface area (Å²) in [7, 11) is 0. The highest BCUT2D eigenvalue weighted by molar-refractivity contribution is 5.78. The first-order valence-corrected chi connectivity index (χ1v) is 8.51. The molecule has 6 heteroatoms. The van der Waals surface area contributed by atoms with E-state index in [2.05, 4.69) is 15.2 Å². The van der Waals surface area contributed by atoms with Gasteiger partial charge in [-0.1, -0.05) is 13.8 Å². The molecule has 1 N–H and O–H groups in total. The Kier molecular flexibility index (Phi) is 5.13. The maximum Gasteiger partial charge on any atom is 0.225 e. The second-order valence-corrected chi connectivity index (χ2v) is 6.61. The van der Waals surface area contributed by atoms with E-state index in [1.54, 1.807) is 12.4 Å². The van der Waals surface area contributed by atoms with E-state index in [-0.39, 0.29) is 11.8 Å². The Hall–Kier alpha value is -2.37. The molecule has 1 amide bonds. The van der Waals surface area contributed by atoms with Crippen LogP contribution in [0.1, 0.15) is 26.7 Å². The van der Waals surface area contributed by atoms with Crippen LogP contribution in [0.5, 0.6) is 5.75 Å². The van der Waals surface area contributed by atoms with Gasteiger partial charge in [0.1, 0.15) is 5.75 Å². The van der Waals surface area contributed by atoms with E-state index in [0.717, 1.165) is 43.1 Å². The van der Waals surface area contributed by atoms with Gasteiger partial charge in [0.05, 0.1) is 24.2 Å². The molecule has 0 aromatic carbocycles. The van der Waals surface area contributed by atoms with Crippen molar-refractivity contribution in [2.24, 2.45) is 11.8 Å². The Balaban J connectivity index is 1.53. The number of ether oxygens (including phenoxy) is 1. The topological polar surface area (TPSA) is 71.1 Å². The van der Waals surface area contributed by atoms with Crippen molar-refractivity contribution in [1.29, 1.82) is 0 Å². The monoisotopic (exact) mass is 328 g/mol. The zero-order valence-electron chi connectivity index (χ0n) is 14.2. The first kappa shape index (κ1) is 16.5. The fourth-order valence-corrected chi connectivity index (χ4v) is 3.00. The van der Waals surface area contributed by atoms with Gasteiger partial charge in [-0.05, 0) is 31.0 Å². The fraction of sp³-hybridized carbons (Fsp3) is 0.500. The number of hydrogen-bond donors (Lipinski definition) is 1. The number of likely N-dealkylation sites (tertiary alicyclic amines) is 1. The molecule has 6 nitrogen and oxygen atoms in total. The summed E-state index contributed by atoms with van der Waals surface area (Å²) < 4.78 is 5.88. The molecule has 24 heavy (non-hydrogen) atoms. The highest BCUT2D eigenvalue weighted by Crippen LogP contribution is 2.21. The number of aromatic nitrogens is 3. The predicted molar refractivity (Wildman–Crippen MR) is 91.5 cm³/mol. The van der Waals surface area contributed by atoms with E-state index >= 15 is 0 Å². The van der Waals surface area contributed by atoms with Crippen LogP contribution in [0.4, 0.5) is 0 Å². The first-order chi connectivity index (χ1) is 11.6. The molecular weight excluding hydrogens is 304 g/mol. The molecule has 1 aliphatic heterocycles. The van der Waals surface area contributed by atoms with Crippen molar-refractivity contribution in [2.45, 2.75) is 26.7 Å². The summed E-state index contributed by atoms with van der Waals surface area (Å²) in [5.41, 5.74) is 1.72. The summed E-state index contributed by atoms with van der Waals surface area (Å²) in [5.74, 6) is 1.44. The van der Waals surface area contributed by atoms with Crippen LogP contribution in [0.25, 0.3) is 11.4 Å². The number of carbonyl (C=O) groups excluding carboxylic acids is 1. The summed E-state index contributed by atoms with van der Waals surface area (Å²) >= 11 is 0. The minimum atomic E-state index is 0.0592. The molecule has 3 heterocycles. The van der Waals surface area contributed by atoms with E-state index in [1.807, 2.05) is 36.9 Å². The Morgan fingerprint density at radius 2 is 2.29 bits per heavy atom. The van der Waals surface area contributed by atoms with Gasteiger partial charge in [0.25, 0.3) is 0 Å². The van der Waals surface area contributed by atoms with Crippen molar-refractivity contribution < 1.29 is 9.53 Å². The van der Waals surface area contributed by atoms with Gasteiger partial charge in [0.15, 0.2) is 0 Å². The van der Waals surface area contributed by atoms with Crippen LogP contribution in [0.15, 0.2) is 30.6 Å². The first-order valence-electron chi connectivity index (χ1n) is 8.51. The molecule has 0 saturated carbocycles. The average molecular weight is 328 g/mol. The number of piperidine rings is 1. The van der Waals surface area contributed by atoms with Crippen molar-refractivity contribution in [3.8, 4) is 17.1 Å². The molecular formula is C18H24N4O2. The van der Waals surface area contributed by atoms with Crippen molar-refractivity contribution in [3.05, 3.63) is 30.6 Å². The Morgan fingerprint density at radius 3 is 2.96 bits per heavy atom. The number of hydrogen-bond acceptors (Lipinski definition) is 4. The van der Waals surface area contributed by atoms with Gasteiger partial charge in [0, 0.05) is 31.1 Å². The quantitative estimate of drug-likeness (QED) is 0.916. The number of nitrogens with one attached hydrogen (secondary N) is 1. The van der Waals surface area contributed by atoms with Crippen LogP contribution in [-0.4, -0.2) is 45.7 Å². The van der Waals surface area contributed by atoms with Crippen molar-refractivity contribution in [2.75, 3.05) is 19.7 Å². The van der Waals surface area contributed by atoms with Gasteiger partial charge in [-0.25, -0.2) is 0 Å². The maximum absolute atomic E-state index is 12.1. The van der Waals surface area contributed by atoms with Crippen LogP contribution < -0.4 is 4.74 Å². The molecule has 2 aromatic heterocycles. The fourth-order valence-electron chi connectivity index (χ4n) is 3.00. The van der Waals surface area contributed by atoms with Gasteiger partial charge < -0.3 is 9.64 Å². The molecule has 1 fully saturated rings. The molecule has 0 unspecified atom stereocenters. The maximum atomic E-state index is 12.1. The van der Waals surface area contributed by atoms with E-state index in [0.29, 0.717) is 12.5 Å². The number of H-pyrrole nitrogens is 1. The molecule has 3 rings (SSSR count). The second kappa shape index (κ2) is 7.47. The van der Waals surface area contributed by atoms with Crippen LogP contribution in [0, 0.1) is 11.8 Å². The lowest BCUT2D eigenvalue weighted by molar-refractivity contribution is -0.136. The zero-order valence-corrected chi connectivity index (χ0v) is 14.2. The third-order valence-electron chi connectivity index (χ3n) is 4.32. The van der Waals surface area contributed by atoms with E-state index in [1.165, 1.54) is 0 Å². The van der Waals surface area contributed by atoms with E-state index in [9.17, 15) is 4.79 Å². The Bertz CT molecular complexity index is 652. The van der Waals surface area contributed by atoms with Gasteiger partial charge in [-0.3, -0.25) is 14.9 Å². The summed E-state index contributed by atoms with van der Waals surface area (Å²) in [6.45, 7) is 6.18. The molecule has 0 spiro atoms. The van der Waals surface area contributed by atoms with Crippen LogP contribution in [-0.2, 0) is 4.79 Å². The SMILES string of the molecule is CC(C)C(=O)N1CCC[C@H](COc2ccc(-c3ccn[nH]3)nc2)C1. The predicted octanol–water partition coefficient (Wildman–Crippen LogP) is 2.75. The largest absolute Gasteiger partial charge is 0.492 e. The number of amides is 1. The van der Waals surface area contributed by atoms with Gasteiger partial charge >= 0.3 is 0 Å². The lowest BCUT2D eigenvalue weighted by Crippen LogP contribution is -2.43. The number of rotatable bonds is 5. The highest BCUT2D eigenvalue weighted by Gasteiger charge is 2.25. The Labute approximate surface area is 142 Å². The number of nitrogens with zero attached hydrogens (tertiary/aromatic N) is 3. The van der Waals surface area contributed by atoms with Crippen molar-refractivity contribution in [1.82, 2.24) is 20.1 Å². The summed E-state index contributed by atoms with van der Waals surface area (Å²) in [6, 6.07) is 5.71. The van der Waals surface area contributed by atoms with Crippen LogP contribution in [0.2, 0.25) is 0 Å². The summed E-state index contributed by atoms with van der Waals surface area (Å²) in [5, 5.41) is 6.81. The summed E-state index contributed by atoms with van der Waals surface area (Å²) in [6.07, 6.45) is 5.58. The van der Waals surface area contributed by atoms with E-state index in [4.69, 9.17) is 4.74 Å². The van der Waals surface area contributed by atoms with Gasteiger partial charge in [-0.15, -0.1) is 0 Å². The minimum Gasteiger partial charge on any atom is -0.492 e. The summed E-state index contributed by atoms with van der Waals surface area (Å²) in [4.78, 5) is 18.5. The van der Waals surface area contributed by atoms with Crippen LogP contribution >= 0.6 is 0 Å². The standard InChI is InChI=1S/C18H24N4O2/c1-13(2)18(23)22-9-3-4-14(11-22)12-24-15-5-6-16(19-10-15)17-7-8-20-21-17/h5-8,10,13-14H,3-4,9,11-12H2,1-2H3,(H,20,21)/t14-/m0/s1. The molecule has 1 saturated heterocycles. The molecule has 0 aliphatic carbocycles. The smallest absolute Gasteiger partial charge is 0.225 e. The minimum absolute atomic E-state index is 0.0592. The van der Waals surface area contributed by atoms with E-state index < -0.39 is 0 Å². The van der Waals surface area contributed by atoms with Gasteiger partial charge in [-0.2, -0.15) is 5.10 Å². The number of aromatic amines is 1. The lowest BCUT2D eigenvalue weighted by Gasteiger charge is -2.33. The molecule has 1 aliphatic rings. The molecule has 0 bridgehead atoms. The Morgan fingerprint density at radius 1 is 1.42 bits per heavy atom. The molecule has 1 atom stereocenters. The zero-order chi connectivity index (χ0) is 16.9.